The van der Waals surface area contributed by atoms with Crippen LogP contribution in [0.2, 0.25) is 0 Å². The summed E-state index contributed by atoms with van der Waals surface area (Å²) in [5, 5.41) is 10.0. The monoisotopic (exact) mass is 232 g/mol. The smallest absolute Gasteiger partial charge is 0.306 e. The van der Waals surface area contributed by atoms with Crippen molar-refractivity contribution >= 4 is 16.9 Å². The zero-order valence-corrected chi connectivity index (χ0v) is 10.2. The van der Waals surface area contributed by atoms with Gasteiger partial charge in [0.15, 0.2) is 0 Å². The number of para-hydroxylation sites is 1. The van der Waals surface area contributed by atoms with Crippen molar-refractivity contribution in [2.45, 2.75) is 26.7 Å². The van der Waals surface area contributed by atoms with Gasteiger partial charge in [-0.25, -0.2) is 0 Å². The molecule has 2 rings (SSSR count). The van der Waals surface area contributed by atoms with E-state index in [1.165, 1.54) is 0 Å². The minimum atomic E-state index is -0.797. The molecule has 1 N–H and O–H groups in total. The molecule has 2 atom stereocenters. The van der Waals surface area contributed by atoms with Crippen LogP contribution in [0.5, 0.6) is 0 Å². The number of benzene rings is 1. The molecule has 0 amide bonds. The van der Waals surface area contributed by atoms with E-state index in [1.807, 2.05) is 38.1 Å². The summed E-state index contributed by atoms with van der Waals surface area (Å²) in [5.74, 6) is -0.631. The van der Waals surface area contributed by atoms with Crippen LogP contribution >= 0.6 is 0 Å². The lowest BCUT2D eigenvalue weighted by Crippen LogP contribution is -2.16. The first-order chi connectivity index (χ1) is 8.00. The van der Waals surface area contributed by atoms with Gasteiger partial charge in [0.25, 0.3) is 0 Å². The predicted octanol–water partition coefficient (Wildman–Crippen LogP) is 3.57. The maximum Gasteiger partial charge on any atom is 0.306 e. The van der Waals surface area contributed by atoms with Crippen molar-refractivity contribution in [3.63, 3.8) is 0 Å². The summed E-state index contributed by atoms with van der Waals surface area (Å²) in [6.07, 6.45) is 0. The van der Waals surface area contributed by atoms with Gasteiger partial charge < -0.3 is 9.52 Å². The van der Waals surface area contributed by atoms with E-state index in [0.29, 0.717) is 0 Å². The summed E-state index contributed by atoms with van der Waals surface area (Å²) in [7, 11) is 0. The van der Waals surface area contributed by atoms with Crippen LogP contribution in [0.25, 0.3) is 11.0 Å². The lowest BCUT2D eigenvalue weighted by atomic mass is 9.94. The molecule has 1 heterocycles. The average Bonchev–Trinajstić information content (AvgIpc) is 2.72. The summed E-state index contributed by atoms with van der Waals surface area (Å²) >= 11 is 0. The largest absolute Gasteiger partial charge is 0.481 e. The summed E-state index contributed by atoms with van der Waals surface area (Å²) in [5.41, 5.74) is 1.93. The highest BCUT2D eigenvalue weighted by atomic mass is 16.4. The van der Waals surface area contributed by atoms with Crippen LogP contribution in [0.3, 0.4) is 0 Å². The van der Waals surface area contributed by atoms with E-state index in [4.69, 9.17) is 9.52 Å². The van der Waals surface area contributed by atoms with Crippen LogP contribution in [-0.4, -0.2) is 11.1 Å². The van der Waals surface area contributed by atoms with Crippen LogP contribution in [0.4, 0.5) is 0 Å². The number of aryl methyl sites for hydroxylation is 1. The van der Waals surface area contributed by atoms with Crippen molar-refractivity contribution in [1.29, 1.82) is 0 Å². The Morgan fingerprint density at radius 2 is 2.06 bits per heavy atom. The highest BCUT2D eigenvalue weighted by molar-refractivity contribution is 5.81. The van der Waals surface area contributed by atoms with Gasteiger partial charge in [0, 0.05) is 11.3 Å². The highest BCUT2D eigenvalue weighted by Crippen LogP contribution is 2.31. The van der Waals surface area contributed by atoms with E-state index in [2.05, 4.69) is 0 Å². The second kappa shape index (κ2) is 4.24. The average molecular weight is 232 g/mol. The molecule has 0 fully saturated rings. The topological polar surface area (TPSA) is 50.4 Å². The standard InChI is InChI=1S/C14H16O3/c1-8-5-4-6-11-7-12(17-13(8)11)9(2)10(3)14(15)16/h4-7,9-10H,1-3H3,(H,15,16). The second-order valence-corrected chi connectivity index (χ2v) is 4.56. The number of aliphatic carboxylic acids is 1. The van der Waals surface area contributed by atoms with E-state index in [0.717, 1.165) is 22.3 Å². The number of fused-ring (bicyclic) bond motifs is 1. The fourth-order valence-electron chi connectivity index (χ4n) is 1.91. The molecule has 1 aromatic heterocycles. The van der Waals surface area contributed by atoms with Crippen LogP contribution < -0.4 is 0 Å². The molecule has 1 aromatic carbocycles. The van der Waals surface area contributed by atoms with Gasteiger partial charge in [-0.3, -0.25) is 4.79 Å². The molecule has 2 aromatic rings. The predicted molar refractivity (Wildman–Crippen MR) is 66.2 cm³/mol. The Morgan fingerprint density at radius 1 is 1.35 bits per heavy atom. The number of rotatable bonds is 3. The maximum absolute atomic E-state index is 11.0. The van der Waals surface area contributed by atoms with Gasteiger partial charge in [0.05, 0.1) is 5.92 Å². The molecule has 0 aliphatic carbocycles. The molecule has 0 aliphatic rings. The zero-order valence-electron chi connectivity index (χ0n) is 10.2. The molecule has 3 heteroatoms. The van der Waals surface area contributed by atoms with Crippen molar-refractivity contribution in [3.8, 4) is 0 Å². The van der Waals surface area contributed by atoms with E-state index in [9.17, 15) is 4.79 Å². The first-order valence-corrected chi connectivity index (χ1v) is 5.72. The molecule has 0 radical (unpaired) electrons. The molecule has 0 spiro atoms. The van der Waals surface area contributed by atoms with Gasteiger partial charge in [0.1, 0.15) is 11.3 Å². The summed E-state index contributed by atoms with van der Waals surface area (Å²) < 4.78 is 5.77. The first kappa shape index (κ1) is 11.7. The molecule has 0 saturated heterocycles. The molecule has 0 bridgehead atoms. The Hall–Kier alpha value is -1.77. The SMILES string of the molecule is Cc1cccc2cc(C(C)C(C)C(=O)O)oc12. The lowest BCUT2D eigenvalue weighted by molar-refractivity contribution is -0.141. The van der Waals surface area contributed by atoms with Crippen molar-refractivity contribution < 1.29 is 14.3 Å². The van der Waals surface area contributed by atoms with Crippen LogP contribution in [0, 0.1) is 12.8 Å². The highest BCUT2D eigenvalue weighted by Gasteiger charge is 2.24. The van der Waals surface area contributed by atoms with Gasteiger partial charge in [-0.15, -0.1) is 0 Å². The Bertz CT molecular complexity index is 554. The number of hydrogen-bond donors (Lipinski definition) is 1. The molecule has 90 valence electrons. The van der Waals surface area contributed by atoms with Crippen LogP contribution in [0.15, 0.2) is 28.7 Å². The summed E-state index contributed by atoms with van der Waals surface area (Å²) in [6, 6.07) is 7.88. The van der Waals surface area contributed by atoms with Crippen molar-refractivity contribution in [3.05, 3.63) is 35.6 Å². The van der Waals surface area contributed by atoms with Crippen LogP contribution in [-0.2, 0) is 4.79 Å². The fourth-order valence-corrected chi connectivity index (χ4v) is 1.91. The quantitative estimate of drug-likeness (QED) is 0.880. The summed E-state index contributed by atoms with van der Waals surface area (Å²) in [4.78, 5) is 11.0. The van der Waals surface area contributed by atoms with E-state index >= 15 is 0 Å². The third-order valence-electron chi connectivity index (χ3n) is 3.35. The molecule has 17 heavy (non-hydrogen) atoms. The number of carboxylic acids is 1. The zero-order chi connectivity index (χ0) is 12.6. The third-order valence-corrected chi connectivity index (χ3v) is 3.35. The third kappa shape index (κ3) is 2.05. The Kier molecular flexibility index (Phi) is 2.92. The second-order valence-electron chi connectivity index (χ2n) is 4.56. The Labute approximate surface area is 100 Å². The molecule has 3 nitrogen and oxygen atoms in total. The molecular formula is C14H16O3. The minimum absolute atomic E-state index is 0.126. The first-order valence-electron chi connectivity index (χ1n) is 5.72. The van der Waals surface area contributed by atoms with Gasteiger partial charge >= 0.3 is 5.97 Å². The normalized spacial score (nSPS) is 14.8. The van der Waals surface area contributed by atoms with E-state index in [-0.39, 0.29) is 5.92 Å². The number of hydrogen-bond acceptors (Lipinski definition) is 2. The van der Waals surface area contributed by atoms with Gasteiger partial charge in [-0.2, -0.15) is 0 Å². The summed E-state index contributed by atoms with van der Waals surface area (Å²) in [6.45, 7) is 5.57. The van der Waals surface area contributed by atoms with E-state index < -0.39 is 11.9 Å². The van der Waals surface area contributed by atoms with Gasteiger partial charge in [-0.05, 0) is 18.6 Å². The Balaban J connectivity index is 2.43. The number of furan rings is 1. The minimum Gasteiger partial charge on any atom is -0.481 e. The van der Waals surface area contributed by atoms with Crippen molar-refractivity contribution in [2.24, 2.45) is 5.92 Å². The molecule has 0 saturated carbocycles. The number of carboxylic acid groups (broad SMARTS) is 1. The molecular weight excluding hydrogens is 216 g/mol. The molecule has 0 aliphatic heterocycles. The van der Waals surface area contributed by atoms with Crippen LogP contribution in [0.1, 0.15) is 31.1 Å². The Morgan fingerprint density at radius 3 is 2.65 bits per heavy atom. The number of carbonyl (C=O) groups is 1. The van der Waals surface area contributed by atoms with Gasteiger partial charge in [-0.1, -0.05) is 32.0 Å². The van der Waals surface area contributed by atoms with Gasteiger partial charge in [0.2, 0.25) is 0 Å². The van der Waals surface area contributed by atoms with Crippen molar-refractivity contribution in [1.82, 2.24) is 0 Å². The van der Waals surface area contributed by atoms with Crippen molar-refractivity contribution in [2.75, 3.05) is 0 Å². The lowest BCUT2D eigenvalue weighted by Gasteiger charge is -2.12. The van der Waals surface area contributed by atoms with E-state index in [1.54, 1.807) is 6.92 Å². The molecule has 2 unspecified atom stereocenters. The fraction of sp³-hybridized carbons (Fsp3) is 0.357. The maximum atomic E-state index is 11.0.